The number of carbonyl (C=O) groups excluding carboxylic acids is 1. The summed E-state index contributed by atoms with van der Waals surface area (Å²) in [5.74, 6) is 1.48. The van der Waals surface area contributed by atoms with Gasteiger partial charge in [0.25, 0.3) is 5.91 Å². The molecule has 1 amide bonds. The number of halogens is 1. The molecule has 2 saturated carbocycles. The summed E-state index contributed by atoms with van der Waals surface area (Å²) in [5.41, 5.74) is 0.808. The number of aromatic nitrogens is 1. The molecule has 0 saturated heterocycles. The van der Waals surface area contributed by atoms with Crippen LogP contribution in [0.25, 0.3) is 0 Å². The van der Waals surface area contributed by atoms with Crippen LogP contribution >= 0.6 is 15.9 Å². The Kier molecular flexibility index (Phi) is 4.20. The summed E-state index contributed by atoms with van der Waals surface area (Å²) in [7, 11) is 0. The van der Waals surface area contributed by atoms with Gasteiger partial charge in [0.2, 0.25) is 0 Å². The molecule has 4 heteroatoms. The van der Waals surface area contributed by atoms with Crippen molar-refractivity contribution in [3.63, 3.8) is 0 Å². The third-order valence-corrected chi connectivity index (χ3v) is 5.24. The van der Waals surface area contributed by atoms with Crippen molar-refractivity contribution in [2.75, 3.05) is 6.54 Å². The summed E-state index contributed by atoms with van der Waals surface area (Å²) in [6, 6.07) is 2.48. The first kappa shape index (κ1) is 14.2. The second kappa shape index (κ2) is 5.92. The molecule has 2 aliphatic rings. The fourth-order valence-electron chi connectivity index (χ4n) is 3.29. The summed E-state index contributed by atoms with van der Waals surface area (Å²) in [5, 5.41) is 3.15. The van der Waals surface area contributed by atoms with Gasteiger partial charge in [-0.25, -0.2) is 0 Å². The fraction of sp³-hybridized carbons (Fsp3) is 0.688. The van der Waals surface area contributed by atoms with Gasteiger partial charge >= 0.3 is 0 Å². The van der Waals surface area contributed by atoms with Crippen LogP contribution in [-0.2, 0) is 0 Å². The van der Waals surface area contributed by atoms with Crippen LogP contribution < -0.4 is 5.32 Å². The normalized spacial score (nSPS) is 26.5. The largest absolute Gasteiger partial charge is 0.350 e. The molecular formula is C16H23BrN2O. The van der Waals surface area contributed by atoms with Crippen molar-refractivity contribution in [1.29, 1.82) is 0 Å². The van der Waals surface area contributed by atoms with Gasteiger partial charge in [0.05, 0.1) is 0 Å². The monoisotopic (exact) mass is 338 g/mol. The highest BCUT2D eigenvalue weighted by molar-refractivity contribution is 9.10. The Morgan fingerprint density at radius 1 is 1.35 bits per heavy atom. The minimum Gasteiger partial charge on any atom is -0.350 e. The number of hydrogen-bond donors (Lipinski definition) is 1. The highest BCUT2D eigenvalue weighted by atomic mass is 79.9. The molecule has 0 bridgehead atoms. The minimum absolute atomic E-state index is 0.0837. The number of nitrogens with zero attached hydrogens (tertiary/aromatic N) is 1. The molecule has 1 N–H and O–H groups in total. The van der Waals surface area contributed by atoms with Crippen LogP contribution in [-0.4, -0.2) is 17.0 Å². The molecule has 1 heterocycles. The van der Waals surface area contributed by atoms with Crippen LogP contribution in [0.1, 0.15) is 62.0 Å². The van der Waals surface area contributed by atoms with E-state index in [4.69, 9.17) is 0 Å². The van der Waals surface area contributed by atoms with E-state index in [2.05, 4.69) is 32.7 Å². The quantitative estimate of drug-likeness (QED) is 0.879. The van der Waals surface area contributed by atoms with E-state index in [1.54, 1.807) is 0 Å². The maximum absolute atomic E-state index is 12.4. The maximum Gasteiger partial charge on any atom is 0.267 e. The van der Waals surface area contributed by atoms with Crippen LogP contribution in [0.4, 0.5) is 0 Å². The lowest BCUT2D eigenvalue weighted by Crippen LogP contribution is -2.34. The second-order valence-electron chi connectivity index (χ2n) is 6.41. The summed E-state index contributed by atoms with van der Waals surface area (Å²) < 4.78 is 3.13. The molecular weight excluding hydrogens is 316 g/mol. The van der Waals surface area contributed by atoms with Crippen molar-refractivity contribution < 1.29 is 4.79 Å². The predicted molar refractivity (Wildman–Crippen MR) is 83.9 cm³/mol. The molecule has 0 spiro atoms. The van der Waals surface area contributed by atoms with E-state index >= 15 is 0 Å². The topological polar surface area (TPSA) is 34.0 Å². The van der Waals surface area contributed by atoms with Crippen molar-refractivity contribution in [2.45, 2.75) is 51.5 Å². The number of rotatable bonds is 4. The molecule has 3 rings (SSSR count). The first-order valence-electron chi connectivity index (χ1n) is 7.80. The molecule has 1 aromatic heterocycles. The molecule has 0 aliphatic heterocycles. The van der Waals surface area contributed by atoms with Gasteiger partial charge in [-0.2, -0.15) is 0 Å². The van der Waals surface area contributed by atoms with Gasteiger partial charge in [0.1, 0.15) is 5.69 Å². The van der Waals surface area contributed by atoms with Gasteiger partial charge in [0, 0.05) is 23.3 Å². The summed E-state index contributed by atoms with van der Waals surface area (Å²) in [6.45, 7) is 3.15. The molecule has 0 radical (unpaired) electrons. The number of nitrogens with one attached hydrogen (secondary N) is 1. The summed E-state index contributed by atoms with van der Waals surface area (Å²) >= 11 is 3.48. The van der Waals surface area contributed by atoms with E-state index in [1.807, 2.05) is 12.3 Å². The Labute approximate surface area is 129 Å². The van der Waals surface area contributed by atoms with Gasteiger partial charge in [-0.1, -0.05) is 26.2 Å². The van der Waals surface area contributed by atoms with E-state index in [1.165, 1.54) is 38.5 Å². The van der Waals surface area contributed by atoms with Crippen molar-refractivity contribution >= 4 is 21.8 Å². The molecule has 2 atom stereocenters. The zero-order valence-electron chi connectivity index (χ0n) is 12.1. The van der Waals surface area contributed by atoms with Crippen molar-refractivity contribution in [2.24, 2.45) is 11.8 Å². The first-order valence-corrected chi connectivity index (χ1v) is 8.60. The lowest BCUT2D eigenvalue weighted by molar-refractivity contribution is 0.0927. The Bertz CT molecular complexity index is 493. The third kappa shape index (κ3) is 3.11. The Morgan fingerprint density at radius 2 is 2.10 bits per heavy atom. The van der Waals surface area contributed by atoms with Crippen LogP contribution in [0.15, 0.2) is 16.7 Å². The highest BCUT2D eigenvalue weighted by Crippen LogP contribution is 2.37. The zero-order valence-corrected chi connectivity index (χ0v) is 13.7. The molecule has 20 heavy (non-hydrogen) atoms. The first-order chi connectivity index (χ1) is 9.65. The molecule has 1 aromatic rings. The van der Waals surface area contributed by atoms with E-state index < -0.39 is 0 Å². The predicted octanol–water partition coefficient (Wildman–Crippen LogP) is 4.14. The number of carbonyl (C=O) groups is 1. The second-order valence-corrected chi connectivity index (χ2v) is 7.33. The number of hydrogen-bond acceptors (Lipinski definition) is 1. The van der Waals surface area contributed by atoms with Gasteiger partial charge in [-0.3, -0.25) is 4.79 Å². The molecule has 2 aliphatic carbocycles. The van der Waals surface area contributed by atoms with Gasteiger partial charge in [-0.05, 0) is 53.1 Å². The lowest BCUT2D eigenvalue weighted by atomic mass is 9.80. The van der Waals surface area contributed by atoms with Crippen molar-refractivity contribution in [3.8, 4) is 0 Å². The van der Waals surface area contributed by atoms with Crippen LogP contribution in [0.2, 0.25) is 0 Å². The fourth-order valence-corrected chi connectivity index (χ4v) is 3.73. The standard InChI is InChI=1S/C16H23BrN2O/c1-11-4-2-3-5-12(11)9-18-16(20)15-8-13(17)10-19(15)14-6-7-14/h8,10-12,14H,2-7,9H2,1H3,(H,18,20). The van der Waals surface area contributed by atoms with Gasteiger partial charge in [0.15, 0.2) is 0 Å². The van der Waals surface area contributed by atoms with Crippen molar-refractivity contribution in [3.05, 3.63) is 22.4 Å². The van der Waals surface area contributed by atoms with Crippen LogP contribution in [0.5, 0.6) is 0 Å². The van der Waals surface area contributed by atoms with E-state index in [-0.39, 0.29) is 5.91 Å². The van der Waals surface area contributed by atoms with E-state index in [0.29, 0.717) is 12.0 Å². The van der Waals surface area contributed by atoms with E-state index in [0.717, 1.165) is 22.6 Å². The highest BCUT2D eigenvalue weighted by Gasteiger charge is 2.28. The maximum atomic E-state index is 12.4. The van der Waals surface area contributed by atoms with Crippen LogP contribution in [0, 0.1) is 11.8 Å². The summed E-state index contributed by atoms with van der Waals surface area (Å²) in [6.07, 6.45) is 9.66. The molecule has 2 unspecified atom stereocenters. The third-order valence-electron chi connectivity index (χ3n) is 4.80. The Morgan fingerprint density at radius 3 is 2.80 bits per heavy atom. The molecule has 2 fully saturated rings. The minimum atomic E-state index is 0.0837. The zero-order chi connectivity index (χ0) is 14.1. The Balaban J connectivity index is 1.61. The molecule has 110 valence electrons. The average molecular weight is 339 g/mol. The number of amides is 1. The smallest absolute Gasteiger partial charge is 0.267 e. The molecule has 0 aromatic carbocycles. The van der Waals surface area contributed by atoms with Gasteiger partial charge in [-0.15, -0.1) is 0 Å². The lowest BCUT2D eigenvalue weighted by Gasteiger charge is -2.28. The Hall–Kier alpha value is -0.770. The SMILES string of the molecule is CC1CCCCC1CNC(=O)c1cc(Br)cn1C1CC1. The van der Waals surface area contributed by atoms with Crippen LogP contribution in [0.3, 0.4) is 0 Å². The van der Waals surface area contributed by atoms with Gasteiger partial charge < -0.3 is 9.88 Å². The summed E-state index contributed by atoms with van der Waals surface area (Å²) in [4.78, 5) is 12.4. The van der Waals surface area contributed by atoms with E-state index in [9.17, 15) is 4.79 Å². The average Bonchev–Trinajstić information content (AvgIpc) is 3.20. The van der Waals surface area contributed by atoms with Crippen molar-refractivity contribution in [1.82, 2.24) is 9.88 Å². The molecule has 3 nitrogen and oxygen atoms in total.